The predicted molar refractivity (Wildman–Crippen MR) is 111 cm³/mol. The van der Waals surface area contributed by atoms with E-state index in [9.17, 15) is 13.2 Å². The Morgan fingerprint density at radius 1 is 1.22 bits per heavy atom. The Morgan fingerprint density at radius 2 is 1.93 bits per heavy atom. The van der Waals surface area contributed by atoms with Gasteiger partial charge in [0.2, 0.25) is 0 Å². The van der Waals surface area contributed by atoms with Gasteiger partial charge in [-0.3, -0.25) is 9.52 Å². The van der Waals surface area contributed by atoms with Gasteiger partial charge < -0.3 is 11.1 Å². The second-order valence-corrected chi connectivity index (χ2v) is 8.23. The maximum atomic E-state index is 12.7. The van der Waals surface area contributed by atoms with Crippen LogP contribution in [-0.2, 0) is 10.0 Å². The predicted octanol–water partition coefficient (Wildman–Crippen LogP) is 3.20. The number of carbonyl (C=O) groups excluding carboxylic acids is 1. The highest BCUT2D eigenvalue weighted by Crippen LogP contribution is 2.22. The highest BCUT2D eigenvalue weighted by molar-refractivity contribution is 7.92. The fraction of sp³-hybridized carbons (Fsp3) is 0.278. The third kappa shape index (κ3) is 6.39. The monoisotopic (exact) mass is 431 g/mol. The second-order valence-electron chi connectivity index (χ2n) is 6.15. The van der Waals surface area contributed by atoms with E-state index in [1.165, 1.54) is 12.1 Å². The highest BCUT2D eigenvalue weighted by Gasteiger charge is 2.19. The van der Waals surface area contributed by atoms with E-state index in [1.54, 1.807) is 37.3 Å². The van der Waals surface area contributed by atoms with Crippen molar-refractivity contribution in [2.24, 2.45) is 11.7 Å². The van der Waals surface area contributed by atoms with E-state index in [0.29, 0.717) is 29.4 Å². The molecule has 0 aliphatic heterocycles. The van der Waals surface area contributed by atoms with Gasteiger partial charge in [0.1, 0.15) is 0 Å². The molecule has 0 radical (unpaired) electrons. The van der Waals surface area contributed by atoms with Gasteiger partial charge in [-0.2, -0.15) is 0 Å². The fourth-order valence-corrected chi connectivity index (χ4v) is 3.76. The number of hydrogen-bond donors (Lipinski definition) is 3. The molecule has 27 heavy (non-hydrogen) atoms. The van der Waals surface area contributed by atoms with Crippen LogP contribution in [0.2, 0.25) is 5.02 Å². The molecule has 2 rings (SSSR count). The molecule has 9 heteroatoms. The van der Waals surface area contributed by atoms with Crippen LogP contribution in [0.25, 0.3) is 0 Å². The summed E-state index contributed by atoms with van der Waals surface area (Å²) in [6.45, 7) is 4.47. The van der Waals surface area contributed by atoms with Gasteiger partial charge in [0.25, 0.3) is 15.9 Å². The first-order chi connectivity index (χ1) is 12.2. The molecule has 0 spiro atoms. The maximum absolute atomic E-state index is 12.7. The van der Waals surface area contributed by atoms with Gasteiger partial charge >= 0.3 is 0 Å². The van der Waals surface area contributed by atoms with Crippen LogP contribution >= 0.6 is 24.0 Å². The Balaban J connectivity index is 0.00000364. The molecule has 0 fully saturated rings. The Labute approximate surface area is 170 Å². The van der Waals surface area contributed by atoms with Crippen molar-refractivity contribution in [1.29, 1.82) is 0 Å². The number of amides is 1. The smallest absolute Gasteiger partial charge is 0.262 e. The van der Waals surface area contributed by atoms with Crippen molar-refractivity contribution in [3.8, 4) is 0 Å². The zero-order chi connectivity index (χ0) is 19.3. The molecule has 148 valence electrons. The van der Waals surface area contributed by atoms with Crippen molar-refractivity contribution in [1.82, 2.24) is 5.32 Å². The summed E-state index contributed by atoms with van der Waals surface area (Å²) in [7, 11) is -3.86. The van der Waals surface area contributed by atoms with E-state index in [1.807, 2.05) is 6.92 Å². The molecule has 0 saturated heterocycles. The van der Waals surface area contributed by atoms with Crippen molar-refractivity contribution >= 4 is 45.6 Å². The van der Waals surface area contributed by atoms with Crippen LogP contribution in [0.15, 0.2) is 47.4 Å². The maximum Gasteiger partial charge on any atom is 0.262 e. The van der Waals surface area contributed by atoms with Crippen LogP contribution in [-0.4, -0.2) is 27.4 Å². The summed E-state index contributed by atoms with van der Waals surface area (Å²) in [6.07, 6.45) is 0. The van der Waals surface area contributed by atoms with Crippen molar-refractivity contribution in [2.45, 2.75) is 18.7 Å². The molecule has 0 aliphatic rings. The van der Waals surface area contributed by atoms with E-state index < -0.39 is 10.0 Å². The molecule has 0 heterocycles. The largest absolute Gasteiger partial charge is 0.352 e. The number of benzene rings is 2. The van der Waals surface area contributed by atoms with Crippen molar-refractivity contribution in [3.63, 3.8) is 0 Å². The lowest BCUT2D eigenvalue weighted by atomic mass is 10.1. The molecular formula is C18H23Cl2N3O3S. The standard InChI is InChI=1S/C18H22ClN3O3S.ClH/c1-12(10-20)11-21-18(23)14-7-6-13(2)17(8-14)26(24,25)22-16-5-3-4-15(19)9-16;/h3-9,12,22H,10-11,20H2,1-2H3,(H,21,23);1H. The Morgan fingerprint density at radius 3 is 2.56 bits per heavy atom. The Bertz CT molecular complexity index is 904. The number of aryl methyl sites for hydroxylation is 1. The number of halogens is 2. The van der Waals surface area contributed by atoms with Gasteiger partial charge in [0.15, 0.2) is 0 Å². The number of rotatable bonds is 7. The van der Waals surface area contributed by atoms with Crippen molar-refractivity contribution in [3.05, 3.63) is 58.6 Å². The normalized spacial score (nSPS) is 12.0. The average Bonchev–Trinajstić information content (AvgIpc) is 2.59. The summed E-state index contributed by atoms with van der Waals surface area (Å²) in [6, 6.07) is 11.0. The van der Waals surface area contributed by atoms with Gasteiger partial charge in [0.05, 0.1) is 10.6 Å². The summed E-state index contributed by atoms with van der Waals surface area (Å²) >= 11 is 5.89. The quantitative estimate of drug-likeness (QED) is 0.626. The van der Waals surface area contributed by atoms with Crippen molar-refractivity contribution in [2.75, 3.05) is 17.8 Å². The van der Waals surface area contributed by atoms with Crippen LogP contribution < -0.4 is 15.8 Å². The molecule has 0 aromatic heterocycles. The summed E-state index contributed by atoms with van der Waals surface area (Å²) in [5.74, 6) is -0.207. The lowest BCUT2D eigenvalue weighted by Gasteiger charge is -2.13. The minimum Gasteiger partial charge on any atom is -0.352 e. The highest BCUT2D eigenvalue weighted by atomic mass is 35.5. The molecule has 2 aromatic rings. The Kier molecular flexibility index (Phi) is 8.56. The molecule has 0 bridgehead atoms. The summed E-state index contributed by atoms with van der Waals surface area (Å²) in [4.78, 5) is 12.3. The molecule has 6 nitrogen and oxygen atoms in total. The first-order valence-electron chi connectivity index (χ1n) is 8.10. The third-order valence-electron chi connectivity index (χ3n) is 3.83. The minimum atomic E-state index is -3.86. The van der Waals surface area contributed by atoms with Gasteiger partial charge in [0, 0.05) is 17.1 Å². The van der Waals surface area contributed by atoms with Crippen LogP contribution in [0.4, 0.5) is 5.69 Å². The number of nitrogens with two attached hydrogens (primary N) is 1. The van der Waals surface area contributed by atoms with E-state index in [0.717, 1.165) is 0 Å². The molecule has 2 aromatic carbocycles. The Hall–Kier alpha value is -1.80. The molecule has 1 amide bonds. The topological polar surface area (TPSA) is 101 Å². The second kappa shape index (κ2) is 9.94. The van der Waals surface area contributed by atoms with Crippen LogP contribution in [0.5, 0.6) is 0 Å². The van der Waals surface area contributed by atoms with Crippen molar-refractivity contribution < 1.29 is 13.2 Å². The summed E-state index contributed by atoms with van der Waals surface area (Å²) in [5.41, 5.74) is 6.69. The van der Waals surface area contributed by atoms with Crippen LogP contribution in [0.1, 0.15) is 22.8 Å². The number of anilines is 1. The van der Waals surface area contributed by atoms with Gasteiger partial charge in [-0.25, -0.2) is 8.42 Å². The van der Waals surface area contributed by atoms with E-state index in [2.05, 4.69) is 10.0 Å². The van der Waals surface area contributed by atoms with Gasteiger partial charge in [-0.05, 0) is 55.3 Å². The third-order valence-corrected chi connectivity index (χ3v) is 5.59. The van der Waals surface area contributed by atoms with E-state index in [-0.39, 0.29) is 34.7 Å². The molecule has 1 atom stereocenters. The number of sulfonamides is 1. The minimum absolute atomic E-state index is 0. The van der Waals surface area contributed by atoms with Gasteiger partial charge in [-0.1, -0.05) is 30.7 Å². The molecule has 0 aliphatic carbocycles. The van der Waals surface area contributed by atoms with Gasteiger partial charge in [-0.15, -0.1) is 12.4 Å². The first kappa shape index (κ1) is 23.2. The molecule has 1 unspecified atom stereocenters. The van der Waals surface area contributed by atoms with E-state index in [4.69, 9.17) is 17.3 Å². The number of hydrogen-bond acceptors (Lipinski definition) is 4. The van der Waals surface area contributed by atoms with E-state index >= 15 is 0 Å². The summed E-state index contributed by atoms with van der Waals surface area (Å²) in [5, 5.41) is 3.17. The van der Waals surface area contributed by atoms with Crippen LogP contribution in [0.3, 0.4) is 0 Å². The van der Waals surface area contributed by atoms with Crippen LogP contribution in [0, 0.1) is 12.8 Å². The number of nitrogens with one attached hydrogen (secondary N) is 2. The lowest BCUT2D eigenvalue weighted by Crippen LogP contribution is -2.31. The number of carbonyl (C=O) groups is 1. The average molecular weight is 432 g/mol. The fourth-order valence-electron chi connectivity index (χ4n) is 2.25. The lowest BCUT2D eigenvalue weighted by molar-refractivity contribution is 0.0948. The molecule has 0 saturated carbocycles. The first-order valence-corrected chi connectivity index (χ1v) is 9.96. The zero-order valence-electron chi connectivity index (χ0n) is 15.0. The zero-order valence-corrected chi connectivity index (χ0v) is 17.4. The SMILES string of the molecule is Cc1ccc(C(=O)NCC(C)CN)cc1S(=O)(=O)Nc1cccc(Cl)c1.Cl. The molecular weight excluding hydrogens is 409 g/mol. The molecule has 4 N–H and O–H groups in total. The summed E-state index contributed by atoms with van der Waals surface area (Å²) < 4.78 is 27.9.